The fourth-order valence-corrected chi connectivity index (χ4v) is 3.51. The van der Waals surface area contributed by atoms with Crippen molar-refractivity contribution in [2.75, 3.05) is 5.32 Å². The van der Waals surface area contributed by atoms with Crippen molar-refractivity contribution in [2.45, 2.75) is 38.0 Å². The van der Waals surface area contributed by atoms with E-state index in [0.29, 0.717) is 10.4 Å². The van der Waals surface area contributed by atoms with Gasteiger partial charge >= 0.3 is 6.18 Å². The Morgan fingerprint density at radius 2 is 1.84 bits per heavy atom. The van der Waals surface area contributed by atoms with Gasteiger partial charge in [0.1, 0.15) is 11.6 Å². The number of benzene rings is 2. The van der Waals surface area contributed by atoms with Gasteiger partial charge in [-0.2, -0.15) is 13.2 Å². The summed E-state index contributed by atoms with van der Waals surface area (Å²) < 4.78 is 60.9. The van der Waals surface area contributed by atoms with Crippen LogP contribution in [0.25, 0.3) is 5.69 Å². The molecule has 1 aliphatic rings. The van der Waals surface area contributed by atoms with Gasteiger partial charge in [0.2, 0.25) is 0 Å². The van der Waals surface area contributed by atoms with Crippen LogP contribution in [-0.4, -0.2) is 27.0 Å². The maximum atomic E-state index is 13.7. The van der Waals surface area contributed by atoms with E-state index in [1.165, 1.54) is 18.2 Å². The highest BCUT2D eigenvalue weighted by atomic mass is 19.4. The number of halogens is 4. The van der Waals surface area contributed by atoms with Crippen LogP contribution in [0.4, 0.5) is 23.2 Å². The zero-order valence-corrected chi connectivity index (χ0v) is 16.2. The number of anilines is 1. The normalized spacial score (nSPS) is 14.6. The van der Waals surface area contributed by atoms with Gasteiger partial charge in [-0.15, -0.1) is 5.10 Å². The molecule has 3 aromatic rings. The summed E-state index contributed by atoms with van der Waals surface area (Å²) in [6.45, 7) is 0. The SMILES string of the molecule is O=C(Nc1cccc(OC2CCCC2)c1)c1nnn(-c2cccc(F)c2)c1C(F)(F)F. The van der Waals surface area contributed by atoms with Crippen molar-refractivity contribution in [1.29, 1.82) is 0 Å². The minimum Gasteiger partial charge on any atom is -0.490 e. The number of nitrogens with one attached hydrogen (secondary N) is 1. The van der Waals surface area contributed by atoms with Crippen LogP contribution in [0.15, 0.2) is 48.5 Å². The lowest BCUT2D eigenvalue weighted by atomic mass is 10.2. The van der Waals surface area contributed by atoms with E-state index < -0.39 is 29.3 Å². The molecule has 0 unspecified atom stereocenters. The number of carbonyl (C=O) groups is 1. The molecule has 6 nitrogen and oxygen atoms in total. The smallest absolute Gasteiger partial charge is 0.435 e. The predicted octanol–water partition coefficient (Wildman–Crippen LogP) is 5.00. The van der Waals surface area contributed by atoms with Crippen LogP contribution in [0.2, 0.25) is 0 Å². The lowest BCUT2D eigenvalue weighted by molar-refractivity contribution is -0.143. The summed E-state index contributed by atoms with van der Waals surface area (Å²) in [5, 5.41) is 9.26. The van der Waals surface area contributed by atoms with Crippen LogP contribution in [0, 0.1) is 5.82 Å². The molecule has 1 saturated carbocycles. The van der Waals surface area contributed by atoms with E-state index in [1.54, 1.807) is 18.2 Å². The Morgan fingerprint density at radius 1 is 1.10 bits per heavy atom. The van der Waals surface area contributed by atoms with Crippen molar-refractivity contribution in [3.63, 3.8) is 0 Å². The molecule has 0 radical (unpaired) electrons. The fraction of sp³-hybridized carbons (Fsp3) is 0.286. The summed E-state index contributed by atoms with van der Waals surface area (Å²) in [6, 6.07) is 10.9. The van der Waals surface area contributed by atoms with E-state index in [2.05, 4.69) is 15.6 Å². The van der Waals surface area contributed by atoms with Gasteiger partial charge in [-0.05, 0) is 56.0 Å². The van der Waals surface area contributed by atoms with Gasteiger partial charge in [0, 0.05) is 11.8 Å². The molecular weight excluding hydrogens is 416 g/mol. The Bertz CT molecular complexity index is 1090. The molecule has 1 fully saturated rings. The highest BCUT2D eigenvalue weighted by Gasteiger charge is 2.42. The zero-order valence-electron chi connectivity index (χ0n) is 16.2. The van der Waals surface area contributed by atoms with Crippen LogP contribution >= 0.6 is 0 Å². The van der Waals surface area contributed by atoms with Gasteiger partial charge < -0.3 is 10.1 Å². The van der Waals surface area contributed by atoms with E-state index in [0.717, 1.165) is 37.8 Å². The van der Waals surface area contributed by atoms with Crippen molar-refractivity contribution < 1.29 is 27.1 Å². The topological polar surface area (TPSA) is 69.0 Å². The third-order valence-electron chi connectivity index (χ3n) is 4.90. The van der Waals surface area contributed by atoms with Gasteiger partial charge in [-0.25, -0.2) is 9.07 Å². The molecule has 31 heavy (non-hydrogen) atoms. The number of amides is 1. The van der Waals surface area contributed by atoms with Crippen molar-refractivity contribution in [3.8, 4) is 11.4 Å². The molecule has 0 aliphatic heterocycles. The molecule has 1 aliphatic carbocycles. The molecule has 0 spiro atoms. The largest absolute Gasteiger partial charge is 0.490 e. The van der Waals surface area contributed by atoms with E-state index in [9.17, 15) is 22.4 Å². The Kier molecular flexibility index (Phi) is 5.62. The van der Waals surface area contributed by atoms with Crippen LogP contribution < -0.4 is 10.1 Å². The van der Waals surface area contributed by atoms with Crippen LogP contribution in [0.5, 0.6) is 5.75 Å². The highest BCUT2D eigenvalue weighted by molar-refractivity contribution is 6.03. The number of rotatable bonds is 5. The second kappa shape index (κ2) is 8.37. The number of aromatic nitrogens is 3. The summed E-state index contributed by atoms with van der Waals surface area (Å²) in [4.78, 5) is 12.6. The lowest BCUT2D eigenvalue weighted by Gasteiger charge is -2.14. The first-order chi connectivity index (χ1) is 14.8. The first-order valence-electron chi connectivity index (χ1n) is 9.68. The molecule has 0 bridgehead atoms. The molecule has 1 amide bonds. The minimum atomic E-state index is -4.95. The van der Waals surface area contributed by atoms with E-state index in [1.807, 2.05) is 0 Å². The maximum absolute atomic E-state index is 13.7. The average molecular weight is 434 g/mol. The average Bonchev–Trinajstić information content (AvgIpc) is 3.37. The third-order valence-corrected chi connectivity index (χ3v) is 4.90. The van der Waals surface area contributed by atoms with E-state index >= 15 is 0 Å². The maximum Gasteiger partial charge on any atom is 0.435 e. The van der Waals surface area contributed by atoms with Gasteiger partial charge in [-0.1, -0.05) is 17.3 Å². The van der Waals surface area contributed by atoms with E-state index in [-0.39, 0.29) is 17.5 Å². The Morgan fingerprint density at radius 3 is 2.55 bits per heavy atom. The molecule has 1 aromatic heterocycles. The first kappa shape index (κ1) is 20.8. The number of alkyl halides is 3. The van der Waals surface area contributed by atoms with Crippen LogP contribution in [-0.2, 0) is 6.18 Å². The third kappa shape index (κ3) is 4.68. The fourth-order valence-electron chi connectivity index (χ4n) is 3.51. The predicted molar refractivity (Wildman–Crippen MR) is 104 cm³/mol. The molecule has 2 aromatic carbocycles. The molecule has 1 heterocycles. The summed E-state index contributed by atoms with van der Waals surface area (Å²) >= 11 is 0. The number of nitrogens with zero attached hydrogens (tertiary/aromatic N) is 3. The summed E-state index contributed by atoms with van der Waals surface area (Å²) in [5.41, 5.74) is -2.26. The highest BCUT2D eigenvalue weighted by Crippen LogP contribution is 2.33. The number of carbonyl (C=O) groups excluding carboxylic acids is 1. The van der Waals surface area contributed by atoms with Gasteiger partial charge in [0.05, 0.1) is 11.8 Å². The number of ether oxygens (including phenoxy) is 1. The second-order valence-corrected chi connectivity index (χ2v) is 7.18. The van der Waals surface area contributed by atoms with Crippen molar-refractivity contribution in [1.82, 2.24) is 15.0 Å². The summed E-state index contributed by atoms with van der Waals surface area (Å²) in [6.07, 6.45) is -0.807. The van der Waals surface area contributed by atoms with Crippen molar-refractivity contribution >= 4 is 11.6 Å². The molecule has 1 N–H and O–H groups in total. The Hall–Kier alpha value is -3.43. The van der Waals surface area contributed by atoms with Gasteiger partial charge in [0.15, 0.2) is 11.4 Å². The van der Waals surface area contributed by atoms with Crippen LogP contribution in [0.3, 0.4) is 0 Å². The molecule has 162 valence electrons. The van der Waals surface area contributed by atoms with Crippen LogP contribution in [0.1, 0.15) is 41.9 Å². The van der Waals surface area contributed by atoms with E-state index in [4.69, 9.17) is 4.74 Å². The van der Waals surface area contributed by atoms with Gasteiger partial charge in [-0.3, -0.25) is 4.79 Å². The van der Waals surface area contributed by atoms with Crippen molar-refractivity contribution in [2.24, 2.45) is 0 Å². The minimum absolute atomic E-state index is 0.0916. The second-order valence-electron chi connectivity index (χ2n) is 7.18. The number of hydrogen-bond acceptors (Lipinski definition) is 4. The summed E-state index contributed by atoms with van der Waals surface area (Å²) in [5.74, 6) is -1.32. The Balaban J connectivity index is 1.60. The monoisotopic (exact) mass is 434 g/mol. The standard InChI is InChI=1S/C21H18F4N4O2/c22-13-5-3-7-15(11-13)29-19(21(23,24)25)18(27-28-29)20(30)26-14-6-4-10-17(12-14)31-16-8-1-2-9-16/h3-7,10-12,16H,1-2,8-9H2,(H,26,30). The number of hydrogen-bond donors (Lipinski definition) is 1. The quantitative estimate of drug-likeness (QED) is 0.574. The van der Waals surface area contributed by atoms with Gasteiger partial charge in [0.25, 0.3) is 5.91 Å². The molecular formula is C21H18F4N4O2. The zero-order chi connectivity index (χ0) is 22.0. The molecule has 0 atom stereocenters. The summed E-state index contributed by atoms with van der Waals surface area (Å²) in [7, 11) is 0. The van der Waals surface area contributed by atoms with Crippen molar-refractivity contribution in [3.05, 3.63) is 65.7 Å². The molecule has 4 rings (SSSR count). The molecule has 0 saturated heterocycles. The lowest BCUT2D eigenvalue weighted by Crippen LogP contribution is -2.21. The Labute approximate surface area is 174 Å². The molecule has 10 heteroatoms. The first-order valence-corrected chi connectivity index (χ1v) is 9.68.